The van der Waals surface area contributed by atoms with Gasteiger partial charge in [0.15, 0.2) is 0 Å². The molecule has 2 aliphatic rings. The predicted octanol–water partition coefficient (Wildman–Crippen LogP) is 2.73. The van der Waals surface area contributed by atoms with Crippen molar-refractivity contribution in [3.05, 3.63) is 29.8 Å². The SMILES string of the molecule is COc1ccc(CCC(=O)N2CCC[C@@H]2CN2C[C@@H](C)O[C@@H](C)C2)cc1. The molecule has 26 heavy (non-hydrogen) atoms. The molecule has 5 heteroatoms. The third kappa shape index (κ3) is 4.98. The molecule has 2 saturated heterocycles. The van der Waals surface area contributed by atoms with Crippen LogP contribution < -0.4 is 4.74 Å². The quantitative estimate of drug-likeness (QED) is 0.782. The molecule has 0 aliphatic carbocycles. The lowest BCUT2D eigenvalue weighted by atomic mass is 10.1. The van der Waals surface area contributed by atoms with Crippen molar-refractivity contribution in [1.29, 1.82) is 0 Å². The maximum atomic E-state index is 12.8. The fourth-order valence-corrected chi connectivity index (χ4v) is 4.27. The van der Waals surface area contributed by atoms with Crippen LogP contribution in [0.3, 0.4) is 0 Å². The second kappa shape index (κ2) is 8.87. The van der Waals surface area contributed by atoms with Gasteiger partial charge in [-0.05, 0) is 50.8 Å². The highest BCUT2D eigenvalue weighted by Gasteiger charge is 2.32. The van der Waals surface area contributed by atoms with Gasteiger partial charge in [0.05, 0.1) is 19.3 Å². The van der Waals surface area contributed by atoms with E-state index in [1.54, 1.807) is 7.11 Å². The standard InChI is InChI=1S/C21H32N2O3/c1-16-13-22(14-17(2)26-16)15-19-5-4-12-23(19)21(24)11-8-18-6-9-20(25-3)10-7-18/h6-7,9-10,16-17,19H,4-5,8,11-15H2,1-3H3/t16-,17+,19-/m1/s1. The fraction of sp³-hybridized carbons (Fsp3) is 0.667. The maximum Gasteiger partial charge on any atom is 0.223 e. The molecule has 1 aromatic rings. The second-order valence-electron chi connectivity index (χ2n) is 7.71. The van der Waals surface area contributed by atoms with Gasteiger partial charge in [0, 0.05) is 38.6 Å². The minimum absolute atomic E-state index is 0.277. The molecule has 5 nitrogen and oxygen atoms in total. The number of carbonyl (C=O) groups is 1. The average Bonchev–Trinajstić information content (AvgIpc) is 3.07. The highest BCUT2D eigenvalue weighted by molar-refractivity contribution is 5.77. The summed E-state index contributed by atoms with van der Waals surface area (Å²) in [5.74, 6) is 1.14. The van der Waals surface area contributed by atoms with E-state index >= 15 is 0 Å². The average molecular weight is 360 g/mol. The molecule has 1 amide bonds. The Morgan fingerprint density at radius 2 is 1.88 bits per heavy atom. The summed E-state index contributed by atoms with van der Waals surface area (Å²) in [4.78, 5) is 17.4. The van der Waals surface area contributed by atoms with Crippen molar-refractivity contribution < 1.29 is 14.3 Å². The molecule has 2 aliphatic heterocycles. The van der Waals surface area contributed by atoms with Gasteiger partial charge < -0.3 is 14.4 Å². The first-order valence-corrected chi connectivity index (χ1v) is 9.85. The summed E-state index contributed by atoms with van der Waals surface area (Å²) in [5, 5.41) is 0. The van der Waals surface area contributed by atoms with Gasteiger partial charge >= 0.3 is 0 Å². The van der Waals surface area contributed by atoms with E-state index in [2.05, 4.69) is 23.6 Å². The number of methoxy groups -OCH3 is 1. The van der Waals surface area contributed by atoms with Crippen molar-refractivity contribution >= 4 is 5.91 Å². The molecule has 0 spiro atoms. The van der Waals surface area contributed by atoms with Crippen LogP contribution in [0.4, 0.5) is 0 Å². The number of rotatable bonds is 6. The van der Waals surface area contributed by atoms with E-state index in [-0.39, 0.29) is 18.1 Å². The Labute approximate surface area is 157 Å². The molecule has 0 radical (unpaired) electrons. The van der Waals surface area contributed by atoms with Gasteiger partial charge in [-0.15, -0.1) is 0 Å². The first kappa shape index (κ1) is 19.2. The lowest BCUT2D eigenvalue weighted by Crippen LogP contribution is -2.50. The number of nitrogens with zero attached hydrogens (tertiary/aromatic N) is 2. The lowest BCUT2D eigenvalue weighted by Gasteiger charge is -2.38. The van der Waals surface area contributed by atoms with Gasteiger partial charge in [-0.2, -0.15) is 0 Å². The van der Waals surface area contributed by atoms with Crippen LogP contribution in [0.25, 0.3) is 0 Å². The number of carbonyl (C=O) groups excluding carboxylic acids is 1. The summed E-state index contributed by atoms with van der Waals surface area (Å²) in [6.45, 7) is 8.08. The number of hydrogen-bond acceptors (Lipinski definition) is 4. The zero-order valence-electron chi connectivity index (χ0n) is 16.3. The monoisotopic (exact) mass is 360 g/mol. The summed E-state index contributed by atoms with van der Waals surface area (Å²) >= 11 is 0. The van der Waals surface area contributed by atoms with E-state index in [1.165, 1.54) is 5.56 Å². The van der Waals surface area contributed by atoms with Crippen LogP contribution in [0.1, 0.15) is 38.7 Å². The molecule has 0 aromatic heterocycles. The zero-order chi connectivity index (χ0) is 18.5. The number of hydrogen-bond donors (Lipinski definition) is 0. The van der Waals surface area contributed by atoms with E-state index < -0.39 is 0 Å². The van der Waals surface area contributed by atoms with Crippen molar-refractivity contribution in [2.45, 2.75) is 57.8 Å². The zero-order valence-corrected chi connectivity index (χ0v) is 16.3. The van der Waals surface area contributed by atoms with E-state index in [1.807, 2.05) is 24.3 Å². The molecule has 2 heterocycles. The van der Waals surface area contributed by atoms with Crippen molar-refractivity contribution in [2.24, 2.45) is 0 Å². The first-order valence-electron chi connectivity index (χ1n) is 9.85. The summed E-state index contributed by atoms with van der Waals surface area (Å²) in [6, 6.07) is 8.36. The van der Waals surface area contributed by atoms with Crippen molar-refractivity contribution in [1.82, 2.24) is 9.80 Å². The molecule has 1 aromatic carbocycles. The van der Waals surface area contributed by atoms with Crippen LogP contribution >= 0.6 is 0 Å². The van der Waals surface area contributed by atoms with Crippen LogP contribution in [0.5, 0.6) is 5.75 Å². The molecule has 3 atom stereocenters. The summed E-state index contributed by atoms with van der Waals surface area (Å²) < 4.78 is 11.0. The van der Waals surface area contributed by atoms with Crippen molar-refractivity contribution in [3.8, 4) is 5.75 Å². The Kier molecular flexibility index (Phi) is 6.54. The molecule has 144 valence electrons. The van der Waals surface area contributed by atoms with E-state index in [9.17, 15) is 4.79 Å². The Balaban J connectivity index is 1.51. The predicted molar refractivity (Wildman–Crippen MR) is 102 cm³/mol. The maximum absolute atomic E-state index is 12.8. The van der Waals surface area contributed by atoms with Gasteiger partial charge in [0.2, 0.25) is 5.91 Å². The minimum Gasteiger partial charge on any atom is -0.497 e. The van der Waals surface area contributed by atoms with Gasteiger partial charge in [0.25, 0.3) is 0 Å². The molecular weight excluding hydrogens is 328 g/mol. The molecule has 0 unspecified atom stereocenters. The van der Waals surface area contributed by atoms with Crippen LogP contribution in [0.15, 0.2) is 24.3 Å². The van der Waals surface area contributed by atoms with Crippen LogP contribution in [-0.4, -0.2) is 67.2 Å². The Morgan fingerprint density at radius 1 is 1.19 bits per heavy atom. The molecular formula is C21H32N2O3. The highest BCUT2D eigenvalue weighted by atomic mass is 16.5. The number of benzene rings is 1. The highest BCUT2D eigenvalue weighted by Crippen LogP contribution is 2.22. The molecule has 0 bridgehead atoms. The molecule has 3 rings (SSSR count). The lowest BCUT2D eigenvalue weighted by molar-refractivity contribution is -0.133. The fourth-order valence-electron chi connectivity index (χ4n) is 4.27. The van der Waals surface area contributed by atoms with Gasteiger partial charge in [-0.1, -0.05) is 12.1 Å². The third-order valence-corrected chi connectivity index (χ3v) is 5.45. The second-order valence-corrected chi connectivity index (χ2v) is 7.71. The number of likely N-dealkylation sites (tertiary alicyclic amines) is 1. The van der Waals surface area contributed by atoms with E-state index in [0.29, 0.717) is 12.5 Å². The van der Waals surface area contributed by atoms with Crippen molar-refractivity contribution in [2.75, 3.05) is 33.3 Å². The Bertz CT molecular complexity index is 579. The van der Waals surface area contributed by atoms with Gasteiger partial charge in [0.1, 0.15) is 5.75 Å². The molecule has 0 saturated carbocycles. The third-order valence-electron chi connectivity index (χ3n) is 5.45. The minimum atomic E-state index is 0.277. The van der Waals surface area contributed by atoms with Crippen LogP contribution in [-0.2, 0) is 16.0 Å². The normalized spacial score (nSPS) is 26.9. The van der Waals surface area contributed by atoms with Crippen LogP contribution in [0.2, 0.25) is 0 Å². The number of aryl methyl sites for hydroxylation is 1. The Hall–Kier alpha value is -1.59. The van der Waals surface area contributed by atoms with E-state index in [4.69, 9.17) is 9.47 Å². The van der Waals surface area contributed by atoms with Crippen LogP contribution in [0, 0.1) is 0 Å². The smallest absolute Gasteiger partial charge is 0.223 e. The molecule has 0 N–H and O–H groups in total. The largest absolute Gasteiger partial charge is 0.497 e. The summed E-state index contributed by atoms with van der Waals surface area (Å²) in [5.41, 5.74) is 1.19. The topological polar surface area (TPSA) is 42.0 Å². The van der Waals surface area contributed by atoms with Crippen molar-refractivity contribution in [3.63, 3.8) is 0 Å². The van der Waals surface area contributed by atoms with E-state index in [0.717, 1.165) is 51.2 Å². The molecule has 2 fully saturated rings. The summed E-state index contributed by atoms with van der Waals surface area (Å²) in [6.07, 6.45) is 4.16. The Morgan fingerprint density at radius 3 is 2.54 bits per heavy atom. The van der Waals surface area contributed by atoms with Gasteiger partial charge in [-0.3, -0.25) is 9.69 Å². The number of ether oxygens (including phenoxy) is 2. The first-order chi connectivity index (χ1) is 12.5. The van der Waals surface area contributed by atoms with Gasteiger partial charge in [-0.25, -0.2) is 0 Å². The number of amides is 1. The summed E-state index contributed by atoms with van der Waals surface area (Å²) in [7, 11) is 1.67. The number of morpholine rings is 1.